The number of fused-ring (bicyclic) bond motifs is 6. The fraction of sp³-hybridized carbons (Fsp3) is 0.727. The van der Waals surface area contributed by atoms with E-state index in [-0.39, 0.29) is 34.5 Å². The monoisotopic (exact) mass is 508 g/mol. The van der Waals surface area contributed by atoms with Gasteiger partial charge >= 0.3 is 0 Å². The molecule has 0 aromatic heterocycles. The van der Waals surface area contributed by atoms with Crippen molar-refractivity contribution in [2.45, 2.75) is 44.4 Å². The molecule has 2 atom stereocenters. The zero-order valence-corrected chi connectivity index (χ0v) is 20.2. The van der Waals surface area contributed by atoms with E-state index in [1.807, 2.05) is 0 Å². The third-order valence-corrected chi connectivity index (χ3v) is 7.05. The van der Waals surface area contributed by atoms with Crippen molar-refractivity contribution >= 4 is 23.2 Å². The van der Waals surface area contributed by atoms with E-state index >= 15 is 0 Å². The summed E-state index contributed by atoms with van der Waals surface area (Å²) in [5.74, 6) is 1.23. The number of piperidine rings is 6. The normalized spacial score (nSPS) is 36.8. The Labute approximate surface area is 196 Å². The van der Waals surface area contributed by atoms with E-state index < -0.39 is 0 Å². The van der Waals surface area contributed by atoms with E-state index in [9.17, 15) is 10.2 Å². The van der Waals surface area contributed by atoms with Gasteiger partial charge in [0.1, 0.15) is 19.2 Å². The highest BCUT2D eigenvalue weighted by atomic mass is 79.9. The van der Waals surface area contributed by atoms with Crippen LogP contribution in [0.3, 0.4) is 0 Å². The molecule has 0 saturated carbocycles. The third kappa shape index (κ3) is 7.06. The maximum atomic E-state index is 10.0. The Balaban J connectivity index is 0.000000196. The molecule has 4 bridgehead atoms. The molecule has 0 radical (unpaired) electrons. The quantitative estimate of drug-likeness (QED) is 0.444. The molecular weight excluding hydrogens is 475 g/mol. The van der Waals surface area contributed by atoms with Crippen LogP contribution in [-0.4, -0.2) is 76.4 Å². The lowest BCUT2D eigenvalue weighted by Gasteiger charge is -2.51. The number of rotatable bonds is 2. The molecule has 0 spiro atoms. The Hall–Kier alpha value is 0.120. The molecule has 7 rings (SSSR count). The Kier molecular flexibility index (Phi) is 10.7. The molecule has 2 N–H and O–H groups in total. The van der Waals surface area contributed by atoms with Gasteiger partial charge in [-0.05, 0) is 31.8 Å². The summed E-state index contributed by atoms with van der Waals surface area (Å²) in [5.41, 5.74) is 1.41. The topological polar surface area (TPSA) is 43.7 Å². The number of aliphatic hydroxyl groups is 2. The summed E-state index contributed by atoms with van der Waals surface area (Å²) in [5, 5.41) is 19.6. The van der Waals surface area contributed by atoms with Crippen molar-refractivity contribution in [3.8, 4) is 0 Å². The number of quaternary nitrogens is 1. The molecule has 7 heteroatoms. The smallest absolute Gasteiger partial charge is 0.106 e. The van der Waals surface area contributed by atoms with Gasteiger partial charge in [-0.2, -0.15) is 0 Å². The molecule has 1 aromatic carbocycles. The predicted molar refractivity (Wildman–Crippen MR) is 115 cm³/mol. The van der Waals surface area contributed by atoms with Crippen molar-refractivity contribution < 1.29 is 31.7 Å². The SMILES string of the molecule is ClCCl.O[C@H]1CN2CCC1CC2.O[C@H]1C[N+]2(Cc3ccccc3)CCC1CC2.[Br-]. The second-order valence-corrected chi connectivity index (χ2v) is 9.63. The zero-order valence-electron chi connectivity index (χ0n) is 17.1. The van der Waals surface area contributed by atoms with Crippen LogP contribution in [0.4, 0.5) is 0 Å². The number of halogens is 3. The van der Waals surface area contributed by atoms with Crippen molar-refractivity contribution in [1.29, 1.82) is 0 Å². The van der Waals surface area contributed by atoms with Crippen LogP contribution < -0.4 is 17.0 Å². The van der Waals surface area contributed by atoms with Gasteiger partial charge in [-0.25, -0.2) is 0 Å². The van der Waals surface area contributed by atoms with E-state index in [0.717, 1.165) is 24.1 Å². The fourth-order valence-electron chi connectivity index (χ4n) is 5.38. The summed E-state index contributed by atoms with van der Waals surface area (Å²) in [6.45, 7) is 7.98. The molecule has 0 amide bonds. The minimum atomic E-state index is -0.0498. The average Bonchev–Trinajstić information content (AvgIpc) is 2.71. The van der Waals surface area contributed by atoms with E-state index in [0.29, 0.717) is 11.8 Å². The first-order valence-corrected chi connectivity index (χ1v) is 11.7. The van der Waals surface area contributed by atoms with Gasteiger partial charge in [-0.3, -0.25) is 0 Å². The van der Waals surface area contributed by atoms with Crippen molar-refractivity contribution in [1.82, 2.24) is 4.90 Å². The molecule has 6 fully saturated rings. The lowest BCUT2D eigenvalue weighted by atomic mass is 9.83. The Bertz CT molecular complexity index is 579. The first kappa shape index (κ1) is 25.4. The highest BCUT2D eigenvalue weighted by molar-refractivity contribution is 6.40. The van der Waals surface area contributed by atoms with Crippen LogP contribution in [0.5, 0.6) is 0 Å². The Morgan fingerprint density at radius 2 is 1.45 bits per heavy atom. The van der Waals surface area contributed by atoms with Gasteiger partial charge in [0.05, 0.1) is 24.5 Å². The van der Waals surface area contributed by atoms with Crippen molar-refractivity contribution in [2.24, 2.45) is 11.8 Å². The van der Waals surface area contributed by atoms with Gasteiger partial charge < -0.3 is 36.6 Å². The largest absolute Gasteiger partial charge is 1.00 e. The summed E-state index contributed by atoms with van der Waals surface area (Å²) in [4.78, 5) is 2.35. The first-order chi connectivity index (χ1) is 13.5. The number of alkyl halides is 2. The minimum absolute atomic E-state index is 0. The molecule has 6 saturated heterocycles. The molecule has 1 aromatic rings. The van der Waals surface area contributed by atoms with Crippen LogP contribution in [0.2, 0.25) is 0 Å². The summed E-state index contributed by atoms with van der Waals surface area (Å²) in [6.07, 6.45) is 4.82. The third-order valence-electron chi connectivity index (χ3n) is 7.05. The van der Waals surface area contributed by atoms with Crippen LogP contribution in [0.1, 0.15) is 31.2 Å². The number of nitrogens with zero attached hydrogens (tertiary/aromatic N) is 2. The molecule has 6 aliphatic rings. The molecule has 29 heavy (non-hydrogen) atoms. The van der Waals surface area contributed by atoms with Crippen LogP contribution in [0.25, 0.3) is 0 Å². The van der Waals surface area contributed by atoms with Crippen molar-refractivity contribution in [2.75, 3.05) is 44.6 Å². The van der Waals surface area contributed by atoms with Gasteiger partial charge in [-0.15, -0.1) is 23.2 Å². The van der Waals surface area contributed by atoms with E-state index in [1.54, 1.807) is 0 Å². The Morgan fingerprint density at radius 1 is 0.897 bits per heavy atom. The second-order valence-electron chi connectivity index (χ2n) is 8.83. The number of benzene rings is 1. The summed E-state index contributed by atoms with van der Waals surface area (Å²) < 4.78 is 1.11. The maximum absolute atomic E-state index is 10.0. The predicted octanol–water partition coefficient (Wildman–Crippen LogP) is 0.286. The molecule has 166 valence electrons. The number of hydrogen-bond acceptors (Lipinski definition) is 3. The minimum Gasteiger partial charge on any atom is -1.00 e. The molecule has 6 aliphatic heterocycles. The van der Waals surface area contributed by atoms with Crippen LogP contribution in [0, 0.1) is 11.8 Å². The van der Waals surface area contributed by atoms with E-state index in [2.05, 4.69) is 35.2 Å². The standard InChI is InChI=1S/C14H20NO.C7H13NO.CH2Cl2.BrH/c16-14-11-15(8-6-13(14)7-9-15)10-12-4-2-1-3-5-12;9-7-5-8-3-1-6(7)2-4-8;2-1-3;/h1-5,13-14,16H,6-11H2;6-7,9H,1-5H2;1H2;1H/q+1;;;/p-1/t13?,14-,15?;7-;;/m00../s1. The van der Waals surface area contributed by atoms with Gasteiger partial charge in [0, 0.05) is 30.9 Å². The van der Waals surface area contributed by atoms with Gasteiger partial charge in [-0.1, -0.05) is 30.3 Å². The van der Waals surface area contributed by atoms with Crippen molar-refractivity contribution in [3.63, 3.8) is 0 Å². The maximum Gasteiger partial charge on any atom is 0.106 e. The number of hydrogen-bond donors (Lipinski definition) is 2. The summed E-state index contributed by atoms with van der Waals surface area (Å²) in [6, 6.07) is 10.7. The van der Waals surface area contributed by atoms with E-state index in [1.165, 1.54) is 57.4 Å². The second kappa shape index (κ2) is 12.2. The van der Waals surface area contributed by atoms with Gasteiger partial charge in [0.25, 0.3) is 0 Å². The zero-order chi connectivity index (χ0) is 20.0. The molecule has 6 heterocycles. The molecule has 0 aliphatic carbocycles. The lowest BCUT2D eigenvalue weighted by Crippen LogP contribution is -3.00. The van der Waals surface area contributed by atoms with Gasteiger partial charge in [0.15, 0.2) is 0 Å². The van der Waals surface area contributed by atoms with Crippen LogP contribution in [-0.2, 0) is 6.54 Å². The van der Waals surface area contributed by atoms with Gasteiger partial charge in [0.2, 0.25) is 0 Å². The van der Waals surface area contributed by atoms with E-state index in [4.69, 9.17) is 23.2 Å². The molecule has 4 nitrogen and oxygen atoms in total. The highest BCUT2D eigenvalue weighted by Gasteiger charge is 2.44. The summed E-state index contributed by atoms with van der Waals surface area (Å²) >= 11 is 9.53. The van der Waals surface area contributed by atoms with Crippen LogP contribution >= 0.6 is 23.2 Å². The lowest BCUT2D eigenvalue weighted by molar-refractivity contribution is -0.958. The van der Waals surface area contributed by atoms with Crippen molar-refractivity contribution in [3.05, 3.63) is 35.9 Å². The summed E-state index contributed by atoms with van der Waals surface area (Å²) in [7, 11) is 0. The number of aliphatic hydroxyl groups excluding tert-OH is 2. The van der Waals surface area contributed by atoms with Crippen LogP contribution in [0.15, 0.2) is 30.3 Å². The average molecular weight is 510 g/mol. The molecule has 0 unspecified atom stereocenters. The highest BCUT2D eigenvalue weighted by Crippen LogP contribution is 2.35. The fourth-order valence-corrected chi connectivity index (χ4v) is 5.38. The first-order valence-electron chi connectivity index (χ1n) is 10.6. The Morgan fingerprint density at radius 3 is 1.86 bits per heavy atom. The molecular formula is C22H35BrCl2N2O2.